The molecule has 1 aromatic carbocycles. The molecule has 1 aliphatic rings. The van der Waals surface area contributed by atoms with Crippen molar-refractivity contribution in [1.29, 1.82) is 0 Å². The van der Waals surface area contributed by atoms with Crippen molar-refractivity contribution < 1.29 is 14.3 Å². The maximum Gasteiger partial charge on any atom is 0.267 e. The minimum absolute atomic E-state index is 0.152. The summed E-state index contributed by atoms with van der Waals surface area (Å²) in [4.78, 5) is 22.9. The highest BCUT2D eigenvalue weighted by atomic mass is 16.5. The first-order valence-electron chi connectivity index (χ1n) is 7.90. The van der Waals surface area contributed by atoms with Crippen LogP contribution in [0.1, 0.15) is 32.3 Å². The van der Waals surface area contributed by atoms with Gasteiger partial charge in [-0.25, -0.2) is 5.43 Å². The van der Waals surface area contributed by atoms with E-state index in [9.17, 15) is 9.59 Å². The van der Waals surface area contributed by atoms with Crippen molar-refractivity contribution in [3.05, 3.63) is 29.8 Å². The lowest BCUT2D eigenvalue weighted by Crippen LogP contribution is -2.37. The van der Waals surface area contributed by atoms with Crippen molar-refractivity contribution in [1.82, 2.24) is 10.7 Å². The summed E-state index contributed by atoms with van der Waals surface area (Å²) in [6, 6.07) is 7.89. The molecule has 0 radical (unpaired) electrons. The van der Waals surface area contributed by atoms with E-state index in [-0.39, 0.29) is 11.8 Å². The summed E-state index contributed by atoms with van der Waals surface area (Å²) in [6.45, 7) is 5.45. The lowest BCUT2D eigenvalue weighted by Gasteiger charge is -2.12. The van der Waals surface area contributed by atoms with Crippen LogP contribution in [0, 0.1) is 5.92 Å². The number of hydrazone groups is 1. The molecule has 1 aromatic rings. The maximum atomic E-state index is 11.9. The molecule has 0 unspecified atom stereocenters. The van der Waals surface area contributed by atoms with Crippen LogP contribution in [0.4, 0.5) is 0 Å². The van der Waals surface area contributed by atoms with E-state index in [2.05, 4.69) is 29.7 Å². The van der Waals surface area contributed by atoms with E-state index in [0.717, 1.165) is 17.7 Å². The molecule has 0 fully saturated rings. The van der Waals surface area contributed by atoms with Gasteiger partial charge in [0.1, 0.15) is 11.5 Å². The number of ether oxygens (including phenoxy) is 1. The minimum Gasteiger partial charge on any atom is -0.493 e. The fourth-order valence-corrected chi connectivity index (χ4v) is 2.08. The summed E-state index contributed by atoms with van der Waals surface area (Å²) < 4.78 is 5.63. The predicted octanol–water partition coefficient (Wildman–Crippen LogP) is 1.65. The number of carbonyl (C=O) groups is 2. The molecule has 0 bridgehead atoms. The first-order valence-corrected chi connectivity index (χ1v) is 7.90. The van der Waals surface area contributed by atoms with E-state index in [1.54, 1.807) is 0 Å². The van der Waals surface area contributed by atoms with Gasteiger partial charge in [0.25, 0.3) is 5.91 Å². The van der Waals surface area contributed by atoms with Gasteiger partial charge in [0.05, 0.1) is 6.61 Å². The first-order chi connectivity index (χ1) is 11.0. The fraction of sp³-hybridized carbons (Fsp3) is 0.471. The summed E-state index contributed by atoms with van der Waals surface area (Å²) in [5.74, 6) is 0.986. The Morgan fingerprint density at radius 1 is 1.30 bits per heavy atom. The lowest BCUT2D eigenvalue weighted by atomic mass is 10.1. The van der Waals surface area contributed by atoms with Crippen molar-refractivity contribution in [2.24, 2.45) is 11.0 Å². The van der Waals surface area contributed by atoms with Gasteiger partial charge in [0.2, 0.25) is 5.91 Å². The molecule has 6 heteroatoms. The molecule has 124 valence electrons. The van der Waals surface area contributed by atoms with Crippen molar-refractivity contribution in [3.8, 4) is 5.75 Å². The Bertz CT molecular complexity index is 579. The summed E-state index contributed by atoms with van der Waals surface area (Å²) in [5, 5.41) is 6.59. The first kappa shape index (κ1) is 17.0. The molecule has 6 nitrogen and oxygen atoms in total. The predicted molar refractivity (Wildman–Crippen MR) is 88.3 cm³/mol. The van der Waals surface area contributed by atoms with E-state index < -0.39 is 0 Å². The van der Waals surface area contributed by atoms with Crippen molar-refractivity contribution in [3.63, 3.8) is 0 Å². The second kappa shape index (κ2) is 8.31. The van der Waals surface area contributed by atoms with E-state index in [0.29, 0.717) is 37.6 Å². The standard InChI is InChI=1S/C17H23N3O3/c1-12(2)11-23-14-5-3-13(4-6-14)9-10-18-17(22)15-7-8-16(21)20-19-15/h3-6,12H,7-11H2,1-2H3,(H,18,22)(H,20,21). The number of amides is 2. The van der Waals surface area contributed by atoms with E-state index >= 15 is 0 Å². The SMILES string of the molecule is CC(C)COc1ccc(CCNC(=O)C2=NNC(=O)CC2)cc1. The average molecular weight is 317 g/mol. The average Bonchev–Trinajstić information content (AvgIpc) is 2.54. The Kier molecular flexibility index (Phi) is 6.14. The molecule has 0 spiro atoms. The summed E-state index contributed by atoms with van der Waals surface area (Å²) in [7, 11) is 0. The molecule has 0 saturated carbocycles. The topological polar surface area (TPSA) is 79.8 Å². The zero-order chi connectivity index (χ0) is 16.7. The number of hydrogen-bond donors (Lipinski definition) is 2. The Hall–Kier alpha value is -2.37. The van der Waals surface area contributed by atoms with Gasteiger partial charge in [-0.3, -0.25) is 9.59 Å². The van der Waals surface area contributed by atoms with Gasteiger partial charge in [0.15, 0.2) is 0 Å². The molecule has 0 saturated heterocycles. The number of hydrogen-bond acceptors (Lipinski definition) is 4. The zero-order valence-corrected chi connectivity index (χ0v) is 13.6. The van der Waals surface area contributed by atoms with Crippen LogP contribution in [0.3, 0.4) is 0 Å². The van der Waals surface area contributed by atoms with Crippen molar-refractivity contribution in [2.45, 2.75) is 33.1 Å². The molecule has 0 aromatic heterocycles. The molecule has 1 aliphatic heterocycles. The fourth-order valence-electron chi connectivity index (χ4n) is 2.08. The Labute approximate surface area is 136 Å². The van der Waals surface area contributed by atoms with Crippen LogP contribution >= 0.6 is 0 Å². The van der Waals surface area contributed by atoms with Crippen LogP contribution in [0.5, 0.6) is 5.75 Å². The van der Waals surface area contributed by atoms with Gasteiger partial charge in [-0.15, -0.1) is 0 Å². The molecule has 2 rings (SSSR count). The van der Waals surface area contributed by atoms with E-state index in [4.69, 9.17) is 4.74 Å². The van der Waals surface area contributed by atoms with Crippen molar-refractivity contribution >= 4 is 17.5 Å². The van der Waals surface area contributed by atoms with Gasteiger partial charge in [-0.2, -0.15) is 5.10 Å². The maximum absolute atomic E-state index is 11.9. The normalized spacial score (nSPS) is 14.2. The van der Waals surface area contributed by atoms with Crippen molar-refractivity contribution in [2.75, 3.05) is 13.2 Å². The van der Waals surface area contributed by atoms with E-state index in [1.807, 2.05) is 24.3 Å². The minimum atomic E-state index is -0.220. The highest BCUT2D eigenvalue weighted by Gasteiger charge is 2.17. The van der Waals surface area contributed by atoms with Crippen LogP contribution in [0.15, 0.2) is 29.4 Å². The molecular formula is C17H23N3O3. The van der Waals surface area contributed by atoms with Gasteiger partial charge >= 0.3 is 0 Å². The molecule has 2 amide bonds. The summed E-state index contributed by atoms with van der Waals surface area (Å²) >= 11 is 0. The van der Waals surface area contributed by atoms with Gasteiger partial charge in [0, 0.05) is 19.4 Å². The molecule has 2 N–H and O–H groups in total. The number of rotatable bonds is 7. The third-order valence-electron chi connectivity index (χ3n) is 3.37. The van der Waals surface area contributed by atoms with Crippen LogP contribution in [0.25, 0.3) is 0 Å². The monoisotopic (exact) mass is 317 g/mol. The van der Waals surface area contributed by atoms with Crippen LogP contribution < -0.4 is 15.5 Å². The Balaban J connectivity index is 1.73. The second-order valence-electron chi connectivity index (χ2n) is 5.95. The summed E-state index contributed by atoms with van der Waals surface area (Å²) in [6.07, 6.45) is 1.43. The van der Waals surface area contributed by atoms with Crippen LogP contribution in [0.2, 0.25) is 0 Å². The Morgan fingerprint density at radius 3 is 2.65 bits per heavy atom. The number of nitrogens with one attached hydrogen (secondary N) is 2. The van der Waals surface area contributed by atoms with Gasteiger partial charge < -0.3 is 10.1 Å². The third-order valence-corrected chi connectivity index (χ3v) is 3.37. The van der Waals surface area contributed by atoms with Crippen LogP contribution in [-0.2, 0) is 16.0 Å². The second-order valence-corrected chi connectivity index (χ2v) is 5.95. The molecule has 0 aliphatic carbocycles. The largest absolute Gasteiger partial charge is 0.493 e. The highest BCUT2D eigenvalue weighted by Crippen LogP contribution is 2.13. The zero-order valence-electron chi connectivity index (χ0n) is 13.6. The Morgan fingerprint density at radius 2 is 2.04 bits per heavy atom. The molecule has 0 atom stereocenters. The lowest BCUT2D eigenvalue weighted by molar-refractivity contribution is -0.121. The third kappa shape index (κ3) is 5.73. The van der Waals surface area contributed by atoms with Gasteiger partial charge in [-0.05, 0) is 30.0 Å². The number of carbonyl (C=O) groups excluding carboxylic acids is 2. The molecular weight excluding hydrogens is 294 g/mol. The number of benzene rings is 1. The highest BCUT2D eigenvalue weighted by molar-refractivity contribution is 6.39. The van der Waals surface area contributed by atoms with Gasteiger partial charge in [-0.1, -0.05) is 26.0 Å². The quantitative estimate of drug-likeness (QED) is 0.802. The van der Waals surface area contributed by atoms with E-state index in [1.165, 1.54) is 0 Å². The smallest absolute Gasteiger partial charge is 0.267 e. The summed E-state index contributed by atoms with van der Waals surface area (Å²) in [5.41, 5.74) is 3.82. The molecule has 1 heterocycles. The van der Waals surface area contributed by atoms with Crippen LogP contribution in [-0.4, -0.2) is 30.7 Å². The molecule has 23 heavy (non-hydrogen) atoms. The number of nitrogens with zero attached hydrogens (tertiary/aromatic N) is 1.